The third kappa shape index (κ3) is 5.93. The molecule has 0 spiro atoms. The summed E-state index contributed by atoms with van der Waals surface area (Å²) in [6.07, 6.45) is 1.83. The number of rotatable bonds is 7. The van der Waals surface area contributed by atoms with E-state index in [2.05, 4.69) is 32.0 Å². The van der Waals surface area contributed by atoms with Crippen molar-refractivity contribution in [3.05, 3.63) is 29.3 Å². The molecule has 0 aliphatic heterocycles. The Morgan fingerprint density at radius 2 is 1.90 bits per heavy atom. The molecule has 1 unspecified atom stereocenters. The third-order valence-electron chi connectivity index (χ3n) is 3.16. The topological polar surface area (TPSA) is 44.5 Å². The van der Waals surface area contributed by atoms with Crippen molar-refractivity contribution >= 4 is 0 Å². The fraction of sp³-hybridized carbons (Fsp3) is 0.647. The number of nitrogens with two attached hydrogens (primary N) is 1. The third-order valence-corrected chi connectivity index (χ3v) is 3.16. The van der Waals surface area contributed by atoms with E-state index in [0.29, 0.717) is 13.2 Å². The molecule has 0 heterocycles. The molecule has 0 aliphatic rings. The minimum atomic E-state index is -0.123. The largest absolute Gasteiger partial charge is 0.491 e. The molecule has 3 nitrogen and oxygen atoms in total. The van der Waals surface area contributed by atoms with Crippen LogP contribution < -0.4 is 10.5 Å². The monoisotopic (exact) mass is 279 g/mol. The van der Waals surface area contributed by atoms with Gasteiger partial charge < -0.3 is 15.2 Å². The fourth-order valence-corrected chi connectivity index (χ4v) is 2.00. The maximum atomic E-state index is 6.06. The first-order valence-electron chi connectivity index (χ1n) is 7.44. The summed E-state index contributed by atoms with van der Waals surface area (Å²) in [6.45, 7) is 11.5. The number of aryl methyl sites for hydroxylation is 1. The number of ether oxygens (including phenoxy) is 2. The Labute approximate surface area is 123 Å². The molecule has 0 radical (unpaired) electrons. The van der Waals surface area contributed by atoms with E-state index >= 15 is 0 Å². The number of para-hydroxylation sites is 1. The highest BCUT2D eigenvalue weighted by Gasteiger charge is 2.12. The van der Waals surface area contributed by atoms with Gasteiger partial charge in [-0.2, -0.15) is 0 Å². The Bertz CT molecular complexity index is 410. The molecule has 3 heteroatoms. The molecule has 1 aromatic carbocycles. The second-order valence-corrected chi connectivity index (χ2v) is 6.24. The summed E-state index contributed by atoms with van der Waals surface area (Å²) in [5.74, 6) is 0.967. The molecule has 0 bridgehead atoms. The smallest absolute Gasteiger partial charge is 0.125 e. The van der Waals surface area contributed by atoms with E-state index in [4.69, 9.17) is 15.2 Å². The van der Waals surface area contributed by atoms with Gasteiger partial charge in [-0.3, -0.25) is 0 Å². The second-order valence-electron chi connectivity index (χ2n) is 6.24. The van der Waals surface area contributed by atoms with Crippen molar-refractivity contribution < 1.29 is 9.47 Å². The van der Waals surface area contributed by atoms with Crippen molar-refractivity contribution in [2.45, 2.75) is 59.1 Å². The van der Waals surface area contributed by atoms with Gasteiger partial charge in [0.2, 0.25) is 0 Å². The van der Waals surface area contributed by atoms with Gasteiger partial charge in [-0.25, -0.2) is 0 Å². The molecule has 1 aromatic rings. The van der Waals surface area contributed by atoms with Crippen LogP contribution in [-0.4, -0.2) is 24.9 Å². The Morgan fingerprint density at radius 3 is 2.50 bits per heavy atom. The van der Waals surface area contributed by atoms with E-state index in [1.807, 2.05) is 20.8 Å². The van der Waals surface area contributed by atoms with Crippen LogP contribution in [0.25, 0.3) is 0 Å². The lowest BCUT2D eigenvalue weighted by Gasteiger charge is -2.21. The molecule has 0 fully saturated rings. The van der Waals surface area contributed by atoms with Crippen LogP contribution in [0.2, 0.25) is 0 Å². The highest BCUT2D eigenvalue weighted by Crippen LogP contribution is 2.25. The van der Waals surface area contributed by atoms with Gasteiger partial charge in [-0.15, -0.1) is 0 Å². The zero-order valence-corrected chi connectivity index (χ0v) is 13.5. The molecule has 20 heavy (non-hydrogen) atoms. The number of hydrogen-bond donors (Lipinski definition) is 1. The van der Waals surface area contributed by atoms with Crippen molar-refractivity contribution in [3.63, 3.8) is 0 Å². The molecule has 0 amide bonds. The molecule has 0 saturated carbocycles. The average Bonchev–Trinajstić information content (AvgIpc) is 2.35. The summed E-state index contributed by atoms with van der Waals surface area (Å²) in [4.78, 5) is 0. The first-order valence-corrected chi connectivity index (χ1v) is 7.44. The van der Waals surface area contributed by atoms with Gasteiger partial charge in [0.05, 0.1) is 12.2 Å². The van der Waals surface area contributed by atoms with Gasteiger partial charge in [0.25, 0.3) is 0 Å². The molecule has 1 rings (SSSR count). The van der Waals surface area contributed by atoms with Crippen LogP contribution in [0.4, 0.5) is 0 Å². The molecular weight excluding hydrogens is 250 g/mol. The van der Waals surface area contributed by atoms with Crippen LogP contribution in [0.15, 0.2) is 18.2 Å². The van der Waals surface area contributed by atoms with Gasteiger partial charge in [-0.05, 0) is 51.7 Å². The van der Waals surface area contributed by atoms with E-state index < -0.39 is 0 Å². The van der Waals surface area contributed by atoms with Crippen molar-refractivity contribution in [2.75, 3.05) is 13.2 Å². The predicted molar refractivity (Wildman–Crippen MR) is 84.3 cm³/mol. The van der Waals surface area contributed by atoms with Crippen molar-refractivity contribution in [1.29, 1.82) is 0 Å². The highest BCUT2D eigenvalue weighted by molar-refractivity contribution is 5.41. The number of benzene rings is 1. The Morgan fingerprint density at radius 1 is 1.20 bits per heavy atom. The van der Waals surface area contributed by atoms with Crippen LogP contribution in [0.5, 0.6) is 5.75 Å². The first-order chi connectivity index (χ1) is 9.33. The average molecular weight is 279 g/mol. The molecule has 1 atom stereocenters. The summed E-state index contributed by atoms with van der Waals surface area (Å²) in [5, 5.41) is 0. The molecule has 0 aromatic heterocycles. The van der Waals surface area contributed by atoms with Crippen LogP contribution in [0, 0.1) is 6.92 Å². The van der Waals surface area contributed by atoms with Crippen molar-refractivity contribution in [1.82, 2.24) is 0 Å². The standard InChI is InChI=1S/C17H29NO2/c1-6-15(18)12-14-9-7-8-13(2)16(14)19-10-11-20-17(3,4)5/h7-9,15H,6,10-12,18H2,1-5H3. The molecule has 2 N–H and O–H groups in total. The zero-order chi connectivity index (χ0) is 15.2. The lowest BCUT2D eigenvalue weighted by Crippen LogP contribution is -2.24. The van der Waals surface area contributed by atoms with Crippen molar-refractivity contribution in [3.8, 4) is 5.75 Å². The van der Waals surface area contributed by atoms with E-state index in [1.54, 1.807) is 0 Å². The molecule has 0 aliphatic carbocycles. The summed E-state index contributed by atoms with van der Waals surface area (Å²) >= 11 is 0. The van der Waals surface area contributed by atoms with E-state index in [1.165, 1.54) is 5.56 Å². The summed E-state index contributed by atoms with van der Waals surface area (Å²) in [6, 6.07) is 6.42. The normalized spacial score (nSPS) is 13.3. The van der Waals surface area contributed by atoms with Crippen LogP contribution >= 0.6 is 0 Å². The maximum absolute atomic E-state index is 6.06. The Balaban J connectivity index is 2.63. The molecule has 0 saturated heterocycles. The minimum absolute atomic E-state index is 0.123. The number of hydrogen-bond acceptors (Lipinski definition) is 3. The lowest BCUT2D eigenvalue weighted by atomic mass is 10.0. The minimum Gasteiger partial charge on any atom is -0.491 e. The van der Waals surface area contributed by atoms with E-state index in [0.717, 1.165) is 24.2 Å². The van der Waals surface area contributed by atoms with Crippen molar-refractivity contribution in [2.24, 2.45) is 5.73 Å². The highest BCUT2D eigenvalue weighted by atomic mass is 16.5. The maximum Gasteiger partial charge on any atom is 0.125 e. The quantitative estimate of drug-likeness (QED) is 0.777. The zero-order valence-electron chi connectivity index (χ0n) is 13.5. The van der Waals surface area contributed by atoms with E-state index in [9.17, 15) is 0 Å². The van der Waals surface area contributed by atoms with Gasteiger partial charge >= 0.3 is 0 Å². The van der Waals surface area contributed by atoms with Gasteiger partial charge in [0.15, 0.2) is 0 Å². The Hall–Kier alpha value is -1.06. The summed E-state index contributed by atoms with van der Waals surface area (Å²) in [7, 11) is 0. The summed E-state index contributed by atoms with van der Waals surface area (Å²) in [5.41, 5.74) is 8.28. The Kier molecular flexibility index (Phi) is 6.50. The van der Waals surface area contributed by atoms with Gasteiger partial charge in [-0.1, -0.05) is 25.1 Å². The SMILES string of the molecule is CCC(N)Cc1cccc(C)c1OCCOC(C)(C)C. The van der Waals surface area contributed by atoms with Crippen LogP contribution in [-0.2, 0) is 11.2 Å². The van der Waals surface area contributed by atoms with Gasteiger partial charge in [0.1, 0.15) is 12.4 Å². The summed E-state index contributed by atoms with van der Waals surface area (Å²) < 4.78 is 11.6. The van der Waals surface area contributed by atoms with Crippen LogP contribution in [0.3, 0.4) is 0 Å². The second kappa shape index (κ2) is 7.65. The molecule has 114 valence electrons. The first kappa shape index (κ1) is 17.0. The van der Waals surface area contributed by atoms with Crippen LogP contribution in [0.1, 0.15) is 45.2 Å². The van der Waals surface area contributed by atoms with E-state index in [-0.39, 0.29) is 11.6 Å². The predicted octanol–water partition coefficient (Wildman–Crippen LogP) is 3.47. The van der Waals surface area contributed by atoms with Gasteiger partial charge in [0, 0.05) is 6.04 Å². The molecular formula is C17H29NO2. The fourth-order valence-electron chi connectivity index (χ4n) is 2.00. The lowest BCUT2D eigenvalue weighted by molar-refractivity contribution is -0.0164.